The van der Waals surface area contributed by atoms with Crippen molar-refractivity contribution in [2.75, 3.05) is 0 Å². The van der Waals surface area contributed by atoms with Crippen LogP contribution in [0.3, 0.4) is 0 Å². The molecule has 1 heterocycles. The van der Waals surface area contributed by atoms with Gasteiger partial charge < -0.3 is 10.3 Å². The fraction of sp³-hybridized carbons (Fsp3) is 0.857. The molecule has 18 heavy (non-hydrogen) atoms. The molecule has 1 aromatic rings. The Morgan fingerprint density at radius 3 is 2.39 bits per heavy atom. The third kappa shape index (κ3) is 2.91. The molecule has 1 aliphatic carbocycles. The summed E-state index contributed by atoms with van der Waals surface area (Å²) in [6.07, 6.45) is 6.31. The first kappa shape index (κ1) is 13.5. The fourth-order valence-electron chi connectivity index (χ4n) is 3.03. The van der Waals surface area contributed by atoms with E-state index < -0.39 is 0 Å². The second-order valence-corrected chi connectivity index (χ2v) is 5.95. The van der Waals surface area contributed by atoms with Crippen LogP contribution < -0.4 is 5.73 Å². The van der Waals surface area contributed by atoms with E-state index in [0.717, 1.165) is 11.7 Å². The Morgan fingerprint density at radius 2 is 1.83 bits per heavy atom. The summed E-state index contributed by atoms with van der Waals surface area (Å²) in [6, 6.07) is 0.0460. The maximum Gasteiger partial charge on any atom is 0.231 e. The summed E-state index contributed by atoms with van der Waals surface area (Å²) < 4.78 is 5.46. The van der Waals surface area contributed by atoms with E-state index in [4.69, 9.17) is 10.3 Å². The van der Waals surface area contributed by atoms with Crippen LogP contribution in [-0.2, 0) is 0 Å². The highest BCUT2D eigenvalue weighted by Crippen LogP contribution is 2.33. The van der Waals surface area contributed by atoms with Gasteiger partial charge in [-0.15, -0.1) is 0 Å². The summed E-state index contributed by atoms with van der Waals surface area (Å²) in [4.78, 5) is 4.62. The predicted molar refractivity (Wildman–Crippen MR) is 71.4 cm³/mol. The number of nitrogens with two attached hydrogens (primary N) is 1. The van der Waals surface area contributed by atoms with E-state index in [0.29, 0.717) is 11.8 Å². The van der Waals surface area contributed by atoms with Crippen molar-refractivity contribution in [3.8, 4) is 0 Å². The van der Waals surface area contributed by atoms with Crippen LogP contribution in [0.5, 0.6) is 0 Å². The van der Waals surface area contributed by atoms with Gasteiger partial charge in [0.1, 0.15) is 0 Å². The Bertz CT molecular complexity index is 359. The lowest BCUT2D eigenvalue weighted by molar-refractivity contribution is 0.296. The van der Waals surface area contributed by atoms with Crippen molar-refractivity contribution >= 4 is 0 Å². The van der Waals surface area contributed by atoms with Crippen LogP contribution in [-0.4, -0.2) is 16.2 Å². The Balaban J connectivity index is 2.13. The minimum atomic E-state index is 0.0460. The van der Waals surface area contributed by atoms with Crippen LogP contribution in [0.4, 0.5) is 0 Å². The summed E-state index contributed by atoms with van der Waals surface area (Å²) in [5.41, 5.74) is 6.03. The van der Waals surface area contributed by atoms with Crippen LogP contribution in [0.15, 0.2) is 4.52 Å². The molecule has 0 radical (unpaired) electrons. The summed E-state index contributed by atoms with van der Waals surface area (Å²) in [6.45, 7) is 6.31. The molecule has 4 nitrogen and oxygen atoms in total. The minimum absolute atomic E-state index is 0.0460. The van der Waals surface area contributed by atoms with Gasteiger partial charge in [-0.3, -0.25) is 0 Å². The SMILES string of the molecule is CC(C)C(c1nc(C2CCCCC2)no1)C(C)N. The maximum atomic E-state index is 6.03. The van der Waals surface area contributed by atoms with Crippen molar-refractivity contribution in [2.24, 2.45) is 11.7 Å². The van der Waals surface area contributed by atoms with Gasteiger partial charge in [0, 0.05) is 12.0 Å². The molecular formula is C14H25N3O. The van der Waals surface area contributed by atoms with Gasteiger partial charge in [0.25, 0.3) is 0 Å². The molecular weight excluding hydrogens is 226 g/mol. The lowest BCUT2D eigenvalue weighted by Crippen LogP contribution is -2.28. The van der Waals surface area contributed by atoms with E-state index in [1.807, 2.05) is 6.92 Å². The highest BCUT2D eigenvalue weighted by molar-refractivity contribution is 5.03. The van der Waals surface area contributed by atoms with E-state index in [2.05, 4.69) is 24.0 Å². The highest BCUT2D eigenvalue weighted by atomic mass is 16.5. The summed E-state index contributed by atoms with van der Waals surface area (Å²) in [5.74, 6) is 2.70. The summed E-state index contributed by atoms with van der Waals surface area (Å²) >= 11 is 0. The van der Waals surface area contributed by atoms with Crippen LogP contribution in [0.2, 0.25) is 0 Å². The molecule has 0 spiro atoms. The van der Waals surface area contributed by atoms with Crippen LogP contribution in [0.1, 0.15) is 76.4 Å². The second-order valence-electron chi connectivity index (χ2n) is 5.95. The first-order valence-electron chi connectivity index (χ1n) is 7.18. The van der Waals surface area contributed by atoms with E-state index in [1.54, 1.807) is 0 Å². The molecule has 0 amide bonds. The smallest absolute Gasteiger partial charge is 0.231 e. The lowest BCUT2D eigenvalue weighted by Gasteiger charge is -2.20. The lowest BCUT2D eigenvalue weighted by atomic mass is 9.88. The molecule has 0 bridgehead atoms. The van der Waals surface area contributed by atoms with Gasteiger partial charge >= 0.3 is 0 Å². The number of nitrogens with zero attached hydrogens (tertiary/aromatic N) is 2. The molecule has 2 atom stereocenters. The molecule has 0 saturated heterocycles. The second kappa shape index (κ2) is 5.83. The van der Waals surface area contributed by atoms with E-state index in [-0.39, 0.29) is 12.0 Å². The van der Waals surface area contributed by atoms with Crippen LogP contribution in [0, 0.1) is 5.92 Å². The average molecular weight is 251 g/mol. The summed E-state index contributed by atoms with van der Waals surface area (Å²) in [7, 11) is 0. The average Bonchev–Trinajstić information content (AvgIpc) is 2.78. The molecule has 1 aromatic heterocycles. The van der Waals surface area contributed by atoms with Gasteiger partial charge in [-0.2, -0.15) is 4.98 Å². The van der Waals surface area contributed by atoms with Gasteiger partial charge in [0.2, 0.25) is 5.89 Å². The Labute approximate surface area is 109 Å². The zero-order valence-electron chi connectivity index (χ0n) is 11.7. The van der Waals surface area contributed by atoms with Gasteiger partial charge in [0.15, 0.2) is 5.82 Å². The van der Waals surface area contributed by atoms with Gasteiger partial charge in [0.05, 0.1) is 5.92 Å². The van der Waals surface area contributed by atoms with Crippen LogP contribution in [0.25, 0.3) is 0 Å². The van der Waals surface area contributed by atoms with Crippen molar-refractivity contribution in [2.45, 2.75) is 70.8 Å². The molecule has 1 aliphatic rings. The normalized spacial score (nSPS) is 21.2. The molecule has 0 aliphatic heterocycles. The molecule has 0 aromatic carbocycles. The topological polar surface area (TPSA) is 64.9 Å². The standard InChI is InChI=1S/C14H25N3O/c1-9(2)12(10(3)15)14-16-13(17-18-14)11-7-5-4-6-8-11/h9-12H,4-8,15H2,1-3H3. The fourth-order valence-corrected chi connectivity index (χ4v) is 3.03. The van der Waals surface area contributed by atoms with Crippen molar-refractivity contribution < 1.29 is 4.52 Å². The molecule has 1 saturated carbocycles. The first-order valence-corrected chi connectivity index (χ1v) is 7.18. The number of rotatable bonds is 4. The summed E-state index contributed by atoms with van der Waals surface area (Å²) in [5, 5.41) is 4.18. The predicted octanol–water partition coefficient (Wildman–Crippen LogP) is 3.20. The van der Waals surface area contributed by atoms with E-state index in [1.165, 1.54) is 32.1 Å². The Hall–Kier alpha value is -0.900. The van der Waals surface area contributed by atoms with Crippen molar-refractivity contribution in [1.82, 2.24) is 10.1 Å². The van der Waals surface area contributed by atoms with Gasteiger partial charge in [-0.25, -0.2) is 0 Å². The van der Waals surface area contributed by atoms with Crippen LogP contribution >= 0.6 is 0 Å². The molecule has 2 unspecified atom stereocenters. The molecule has 4 heteroatoms. The highest BCUT2D eigenvalue weighted by Gasteiger charge is 2.28. The third-order valence-corrected chi connectivity index (χ3v) is 4.00. The third-order valence-electron chi connectivity index (χ3n) is 4.00. The molecule has 2 rings (SSSR count). The van der Waals surface area contributed by atoms with Crippen molar-refractivity contribution in [3.05, 3.63) is 11.7 Å². The zero-order valence-corrected chi connectivity index (χ0v) is 11.7. The monoisotopic (exact) mass is 251 g/mol. The largest absolute Gasteiger partial charge is 0.339 e. The Kier molecular flexibility index (Phi) is 4.38. The van der Waals surface area contributed by atoms with E-state index in [9.17, 15) is 0 Å². The van der Waals surface area contributed by atoms with Gasteiger partial charge in [-0.1, -0.05) is 38.3 Å². The first-order chi connectivity index (χ1) is 8.59. The minimum Gasteiger partial charge on any atom is -0.339 e. The quantitative estimate of drug-likeness (QED) is 0.892. The van der Waals surface area contributed by atoms with Crippen molar-refractivity contribution in [1.29, 1.82) is 0 Å². The molecule has 2 N–H and O–H groups in total. The van der Waals surface area contributed by atoms with E-state index >= 15 is 0 Å². The maximum absolute atomic E-state index is 6.03. The molecule has 1 fully saturated rings. The number of aromatic nitrogens is 2. The Morgan fingerprint density at radius 1 is 1.17 bits per heavy atom. The number of hydrogen-bond acceptors (Lipinski definition) is 4. The van der Waals surface area contributed by atoms with Crippen molar-refractivity contribution in [3.63, 3.8) is 0 Å². The molecule has 102 valence electrons. The zero-order chi connectivity index (χ0) is 13.1. The van der Waals surface area contributed by atoms with Gasteiger partial charge in [-0.05, 0) is 25.7 Å². The number of hydrogen-bond donors (Lipinski definition) is 1.